The minimum Gasteiger partial charge on any atom is -0.358 e. The molecule has 2 aromatic rings. The average molecular weight is 259 g/mol. The van der Waals surface area contributed by atoms with E-state index in [0.29, 0.717) is 6.54 Å². The van der Waals surface area contributed by atoms with Gasteiger partial charge in [0.2, 0.25) is 5.91 Å². The number of rotatable bonds is 5. The molecule has 1 heterocycles. The van der Waals surface area contributed by atoms with Crippen molar-refractivity contribution in [2.45, 2.75) is 19.5 Å². The summed E-state index contributed by atoms with van der Waals surface area (Å²) in [5, 5.41) is 16.6. The Morgan fingerprint density at radius 2 is 2.05 bits per heavy atom. The molecule has 0 aliphatic heterocycles. The van der Waals surface area contributed by atoms with Crippen LogP contribution in [0, 0.1) is 0 Å². The van der Waals surface area contributed by atoms with Crippen LogP contribution in [0.2, 0.25) is 0 Å². The molecule has 6 nitrogen and oxygen atoms in total. The van der Waals surface area contributed by atoms with Crippen molar-refractivity contribution in [1.29, 1.82) is 0 Å². The summed E-state index contributed by atoms with van der Waals surface area (Å²) >= 11 is 0. The number of amides is 1. The minimum absolute atomic E-state index is 0.0512. The standard InChI is InChI=1S/C13H17N5O/c1-9(13(19)14-2)15-8-11-12(17-18-16-11)10-6-4-3-5-7-10/h3-7,9,15H,8H2,1-2H3,(H,14,19)(H,16,17,18). The topological polar surface area (TPSA) is 82.7 Å². The van der Waals surface area contributed by atoms with Crippen molar-refractivity contribution in [3.05, 3.63) is 36.0 Å². The van der Waals surface area contributed by atoms with Crippen molar-refractivity contribution in [2.24, 2.45) is 0 Å². The number of hydrogen-bond acceptors (Lipinski definition) is 4. The Kier molecular flexibility index (Phi) is 4.25. The van der Waals surface area contributed by atoms with Crippen LogP contribution in [0.5, 0.6) is 0 Å². The zero-order valence-corrected chi connectivity index (χ0v) is 11.0. The number of likely N-dealkylation sites (N-methyl/N-ethyl adjacent to an activating group) is 1. The van der Waals surface area contributed by atoms with Crippen molar-refractivity contribution in [3.8, 4) is 11.3 Å². The first kappa shape index (κ1) is 13.2. The Morgan fingerprint density at radius 1 is 1.32 bits per heavy atom. The fraction of sp³-hybridized carbons (Fsp3) is 0.308. The van der Waals surface area contributed by atoms with Gasteiger partial charge in [0, 0.05) is 19.2 Å². The molecule has 0 saturated carbocycles. The molecule has 0 bridgehead atoms. The van der Waals surface area contributed by atoms with Gasteiger partial charge in [0.05, 0.1) is 6.04 Å². The third kappa shape index (κ3) is 3.17. The molecule has 0 spiro atoms. The Labute approximate surface area is 111 Å². The number of benzene rings is 1. The predicted octanol–water partition coefficient (Wildman–Crippen LogP) is 0.696. The average Bonchev–Trinajstić information content (AvgIpc) is 2.93. The SMILES string of the molecule is CNC(=O)C(C)NCc1n[nH]nc1-c1ccccc1. The summed E-state index contributed by atoms with van der Waals surface area (Å²) in [4.78, 5) is 11.4. The summed E-state index contributed by atoms with van der Waals surface area (Å²) in [6.07, 6.45) is 0. The van der Waals surface area contributed by atoms with Crippen LogP contribution in [0.1, 0.15) is 12.6 Å². The van der Waals surface area contributed by atoms with Crippen LogP contribution in [0.4, 0.5) is 0 Å². The Balaban J connectivity index is 2.07. The summed E-state index contributed by atoms with van der Waals surface area (Å²) in [6.45, 7) is 2.29. The van der Waals surface area contributed by atoms with E-state index in [1.165, 1.54) is 0 Å². The minimum atomic E-state index is -0.273. The number of H-pyrrole nitrogens is 1. The monoisotopic (exact) mass is 259 g/mol. The molecule has 100 valence electrons. The lowest BCUT2D eigenvalue weighted by molar-refractivity contribution is -0.122. The van der Waals surface area contributed by atoms with Crippen LogP contribution in [-0.4, -0.2) is 34.4 Å². The highest BCUT2D eigenvalue weighted by Crippen LogP contribution is 2.18. The molecular weight excluding hydrogens is 242 g/mol. The van der Waals surface area contributed by atoms with Gasteiger partial charge in [-0.3, -0.25) is 4.79 Å². The second kappa shape index (κ2) is 6.10. The van der Waals surface area contributed by atoms with Crippen molar-refractivity contribution in [3.63, 3.8) is 0 Å². The van der Waals surface area contributed by atoms with Crippen molar-refractivity contribution in [1.82, 2.24) is 26.0 Å². The van der Waals surface area contributed by atoms with Gasteiger partial charge in [-0.15, -0.1) is 0 Å². The lowest BCUT2D eigenvalue weighted by Gasteiger charge is -2.11. The summed E-state index contributed by atoms with van der Waals surface area (Å²) in [6, 6.07) is 9.54. The van der Waals surface area contributed by atoms with Gasteiger partial charge in [-0.25, -0.2) is 0 Å². The van der Waals surface area contributed by atoms with E-state index in [1.54, 1.807) is 14.0 Å². The molecule has 19 heavy (non-hydrogen) atoms. The number of aromatic nitrogens is 3. The summed E-state index contributed by atoms with van der Waals surface area (Å²) in [5.41, 5.74) is 2.60. The number of carbonyl (C=O) groups excluding carboxylic acids is 1. The number of hydrogen-bond donors (Lipinski definition) is 3. The van der Waals surface area contributed by atoms with Crippen LogP contribution in [0.15, 0.2) is 30.3 Å². The number of nitrogens with one attached hydrogen (secondary N) is 3. The van der Waals surface area contributed by atoms with Gasteiger partial charge in [-0.2, -0.15) is 15.4 Å². The highest BCUT2D eigenvalue weighted by atomic mass is 16.2. The van der Waals surface area contributed by atoms with Crippen molar-refractivity contribution >= 4 is 5.91 Å². The molecule has 0 radical (unpaired) electrons. The van der Waals surface area contributed by atoms with Gasteiger partial charge < -0.3 is 10.6 Å². The number of nitrogens with zero attached hydrogens (tertiary/aromatic N) is 2. The van der Waals surface area contributed by atoms with Gasteiger partial charge in [-0.1, -0.05) is 30.3 Å². The third-order valence-corrected chi connectivity index (χ3v) is 2.88. The van der Waals surface area contributed by atoms with Crippen LogP contribution in [0.3, 0.4) is 0 Å². The molecule has 1 unspecified atom stereocenters. The van der Waals surface area contributed by atoms with Gasteiger partial charge in [0.15, 0.2) is 0 Å². The molecule has 2 rings (SSSR count). The Hall–Kier alpha value is -2.21. The lowest BCUT2D eigenvalue weighted by Crippen LogP contribution is -2.40. The third-order valence-electron chi connectivity index (χ3n) is 2.88. The fourth-order valence-electron chi connectivity index (χ4n) is 1.76. The largest absolute Gasteiger partial charge is 0.358 e. The van der Waals surface area contributed by atoms with Gasteiger partial charge in [0.1, 0.15) is 11.4 Å². The molecule has 0 fully saturated rings. The van der Waals surface area contributed by atoms with E-state index in [-0.39, 0.29) is 11.9 Å². The van der Waals surface area contributed by atoms with E-state index in [4.69, 9.17) is 0 Å². The number of aromatic amines is 1. The van der Waals surface area contributed by atoms with Crippen LogP contribution >= 0.6 is 0 Å². The fourth-order valence-corrected chi connectivity index (χ4v) is 1.76. The quantitative estimate of drug-likeness (QED) is 0.738. The first-order chi connectivity index (χ1) is 9.22. The zero-order chi connectivity index (χ0) is 13.7. The van der Waals surface area contributed by atoms with E-state index in [1.807, 2.05) is 30.3 Å². The van der Waals surface area contributed by atoms with E-state index in [0.717, 1.165) is 17.0 Å². The highest BCUT2D eigenvalue weighted by molar-refractivity contribution is 5.80. The maximum atomic E-state index is 11.4. The Morgan fingerprint density at radius 3 is 2.74 bits per heavy atom. The normalized spacial score (nSPS) is 12.1. The molecule has 0 aliphatic carbocycles. The molecule has 1 amide bonds. The lowest BCUT2D eigenvalue weighted by atomic mass is 10.1. The van der Waals surface area contributed by atoms with Crippen LogP contribution in [0.25, 0.3) is 11.3 Å². The molecule has 0 aliphatic rings. The Bertz CT molecular complexity index is 537. The molecular formula is C13H17N5O. The van der Waals surface area contributed by atoms with Crippen molar-refractivity contribution < 1.29 is 4.79 Å². The van der Waals surface area contributed by atoms with Gasteiger partial charge in [0.25, 0.3) is 0 Å². The molecule has 3 N–H and O–H groups in total. The molecule has 1 aromatic carbocycles. The summed E-state index contributed by atoms with van der Waals surface area (Å²) < 4.78 is 0. The predicted molar refractivity (Wildman–Crippen MR) is 72.2 cm³/mol. The summed E-state index contributed by atoms with van der Waals surface area (Å²) in [7, 11) is 1.62. The molecule has 0 saturated heterocycles. The summed E-state index contributed by atoms with van der Waals surface area (Å²) in [5.74, 6) is -0.0512. The first-order valence-corrected chi connectivity index (χ1v) is 6.12. The molecule has 1 aromatic heterocycles. The van der Waals surface area contributed by atoms with Crippen molar-refractivity contribution in [2.75, 3.05) is 7.05 Å². The zero-order valence-electron chi connectivity index (χ0n) is 11.0. The molecule has 6 heteroatoms. The van der Waals surface area contributed by atoms with Crippen LogP contribution < -0.4 is 10.6 Å². The number of carbonyl (C=O) groups is 1. The van der Waals surface area contributed by atoms with E-state index < -0.39 is 0 Å². The van der Waals surface area contributed by atoms with Gasteiger partial charge >= 0.3 is 0 Å². The second-order valence-electron chi connectivity index (χ2n) is 4.20. The second-order valence-corrected chi connectivity index (χ2v) is 4.20. The maximum Gasteiger partial charge on any atom is 0.236 e. The van der Waals surface area contributed by atoms with Gasteiger partial charge in [-0.05, 0) is 6.92 Å². The highest BCUT2D eigenvalue weighted by Gasteiger charge is 2.14. The van der Waals surface area contributed by atoms with E-state index in [9.17, 15) is 4.79 Å². The first-order valence-electron chi connectivity index (χ1n) is 6.12. The van der Waals surface area contributed by atoms with Crippen LogP contribution in [-0.2, 0) is 11.3 Å². The van der Waals surface area contributed by atoms with E-state index >= 15 is 0 Å². The maximum absolute atomic E-state index is 11.4. The molecule has 1 atom stereocenters. The smallest absolute Gasteiger partial charge is 0.236 e. The van der Waals surface area contributed by atoms with E-state index in [2.05, 4.69) is 26.0 Å².